The molecule has 0 aliphatic heterocycles. The molecule has 0 saturated heterocycles. The van der Waals surface area contributed by atoms with E-state index in [-0.39, 0.29) is 6.61 Å². The van der Waals surface area contributed by atoms with E-state index >= 15 is 0 Å². The third-order valence-corrected chi connectivity index (χ3v) is 1.47. The van der Waals surface area contributed by atoms with E-state index in [1.807, 2.05) is 0 Å². The highest BCUT2D eigenvalue weighted by Gasteiger charge is 1.90. The van der Waals surface area contributed by atoms with Gasteiger partial charge in [-0.05, 0) is 19.4 Å². The lowest BCUT2D eigenvalue weighted by molar-refractivity contribution is 0.243. The van der Waals surface area contributed by atoms with Crippen molar-refractivity contribution in [1.82, 2.24) is 0 Å². The van der Waals surface area contributed by atoms with E-state index in [0.29, 0.717) is 5.57 Å². The lowest BCUT2D eigenvalue weighted by Gasteiger charge is -1.97. The Bertz CT molecular complexity index is 225. The van der Waals surface area contributed by atoms with E-state index in [1.165, 1.54) is 0 Å². The molecule has 0 aromatic rings. The van der Waals surface area contributed by atoms with Crippen molar-refractivity contribution in [2.45, 2.75) is 26.1 Å². The molecule has 0 radical (unpaired) electrons. The maximum atomic E-state index is 8.96. The average Bonchev–Trinajstić information content (AvgIpc) is 2.10. The van der Waals surface area contributed by atoms with Gasteiger partial charge in [-0.1, -0.05) is 30.4 Å². The molecule has 0 heterocycles. The minimum Gasteiger partial charge on any atom is -0.392 e. The van der Waals surface area contributed by atoms with Crippen molar-refractivity contribution >= 4 is 0 Å². The quantitative estimate of drug-likeness (QED) is 0.572. The van der Waals surface area contributed by atoms with Crippen molar-refractivity contribution in [1.29, 1.82) is 0 Å². The molecular formula is C11H18O3. The van der Waals surface area contributed by atoms with Crippen molar-refractivity contribution in [2.75, 3.05) is 6.61 Å². The summed E-state index contributed by atoms with van der Waals surface area (Å²) in [5.41, 5.74) is 0.683. The lowest BCUT2D eigenvalue weighted by Crippen LogP contribution is -1.94. The van der Waals surface area contributed by atoms with Crippen LogP contribution in [0.4, 0.5) is 0 Å². The van der Waals surface area contributed by atoms with E-state index in [9.17, 15) is 0 Å². The molecule has 0 aromatic heterocycles. The molecule has 0 rings (SSSR count). The fourth-order valence-corrected chi connectivity index (χ4v) is 0.764. The van der Waals surface area contributed by atoms with Gasteiger partial charge in [0.05, 0.1) is 18.8 Å². The molecule has 14 heavy (non-hydrogen) atoms. The number of aliphatic hydroxyl groups excluding tert-OH is 3. The van der Waals surface area contributed by atoms with Gasteiger partial charge in [0, 0.05) is 0 Å². The molecule has 0 amide bonds. The maximum absolute atomic E-state index is 8.96. The zero-order chi connectivity index (χ0) is 11.0. The molecule has 3 nitrogen and oxygen atoms in total. The Labute approximate surface area is 84.7 Å². The van der Waals surface area contributed by atoms with E-state index < -0.39 is 12.2 Å². The van der Waals surface area contributed by atoms with Crippen LogP contribution in [0, 0.1) is 0 Å². The third kappa shape index (κ3) is 7.73. The Hall–Kier alpha value is -0.900. The normalized spacial score (nSPS) is 17.9. The van der Waals surface area contributed by atoms with Gasteiger partial charge in [0.25, 0.3) is 0 Å². The predicted octanol–water partition coefficient (Wildman–Crippen LogP) is 0.779. The predicted molar refractivity (Wildman–Crippen MR) is 56.8 cm³/mol. The molecule has 0 saturated carbocycles. The molecule has 0 aromatic carbocycles. The number of allylic oxidation sites excluding steroid dienone is 2. The first kappa shape index (κ1) is 13.1. The highest BCUT2D eigenvalue weighted by atomic mass is 16.3. The molecular weight excluding hydrogens is 180 g/mol. The van der Waals surface area contributed by atoms with Crippen molar-refractivity contribution in [3.63, 3.8) is 0 Å². The minimum atomic E-state index is -0.523. The average molecular weight is 198 g/mol. The Morgan fingerprint density at radius 2 is 1.71 bits per heavy atom. The number of hydrogen-bond donors (Lipinski definition) is 3. The summed E-state index contributed by atoms with van der Waals surface area (Å²) in [6.07, 6.45) is 7.17. The molecule has 2 atom stereocenters. The van der Waals surface area contributed by atoms with Gasteiger partial charge < -0.3 is 15.3 Å². The maximum Gasteiger partial charge on any atom is 0.0695 e. The van der Waals surface area contributed by atoms with E-state index in [1.54, 1.807) is 44.2 Å². The summed E-state index contributed by atoms with van der Waals surface area (Å²) in [6.45, 7) is 3.19. The van der Waals surface area contributed by atoms with Crippen LogP contribution in [0.3, 0.4) is 0 Å². The molecule has 0 unspecified atom stereocenters. The summed E-state index contributed by atoms with van der Waals surface area (Å²) in [4.78, 5) is 0. The largest absolute Gasteiger partial charge is 0.392 e. The smallest absolute Gasteiger partial charge is 0.0695 e. The van der Waals surface area contributed by atoms with Gasteiger partial charge in [0.15, 0.2) is 0 Å². The number of hydrogen-bond acceptors (Lipinski definition) is 3. The Morgan fingerprint density at radius 3 is 2.14 bits per heavy atom. The van der Waals surface area contributed by atoms with Gasteiger partial charge in [-0.15, -0.1) is 0 Å². The van der Waals surface area contributed by atoms with Gasteiger partial charge in [-0.25, -0.2) is 0 Å². The topological polar surface area (TPSA) is 60.7 Å². The molecule has 0 aliphatic rings. The number of aliphatic hydroxyl groups is 3. The summed E-state index contributed by atoms with van der Waals surface area (Å²) in [7, 11) is 0. The van der Waals surface area contributed by atoms with E-state index in [0.717, 1.165) is 0 Å². The zero-order valence-electron chi connectivity index (χ0n) is 8.59. The second-order valence-electron chi connectivity index (χ2n) is 3.12. The third-order valence-electron chi connectivity index (χ3n) is 1.47. The first-order valence-electron chi connectivity index (χ1n) is 4.58. The standard InChI is InChI=1S/C11H18O3/c1-9(13)4-3-5-11(8-12)7-6-10(2)14/h3-7,9-10,12-14H,8H2,1-2H3/t9-,10+/m1/s1. The summed E-state index contributed by atoms with van der Waals surface area (Å²) >= 11 is 0. The molecule has 0 fully saturated rings. The molecule has 3 N–H and O–H groups in total. The fraction of sp³-hybridized carbons (Fsp3) is 0.455. The van der Waals surface area contributed by atoms with Crippen molar-refractivity contribution < 1.29 is 15.3 Å². The summed E-state index contributed by atoms with van der Waals surface area (Å²) in [5, 5.41) is 26.8. The Kier molecular flexibility index (Phi) is 7.02. The van der Waals surface area contributed by atoms with Gasteiger partial charge in [-0.2, -0.15) is 0 Å². The van der Waals surface area contributed by atoms with Crippen LogP contribution < -0.4 is 0 Å². The first-order chi connectivity index (χ1) is 6.56. The highest BCUT2D eigenvalue weighted by molar-refractivity contribution is 5.24. The molecule has 3 heteroatoms. The molecule has 0 aliphatic carbocycles. The number of rotatable bonds is 5. The summed E-state index contributed by atoms with van der Waals surface area (Å²) in [6, 6.07) is 0. The summed E-state index contributed by atoms with van der Waals surface area (Å²) < 4.78 is 0. The van der Waals surface area contributed by atoms with Crippen LogP contribution in [0.1, 0.15) is 13.8 Å². The van der Waals surface area contributed by atoms with Crippen molar-refractivity contribution in [2.24, 2.45) is 0 Å². The van der Waals surface area contributed by atoms with Gasteiger partial charge in [0.1, 0.15) is 0 Å². The Balaban J connectivity index is 4.26. The minimum absolute atomic E-state index is 0.0899. The van der Waals surface area contributed by atoms with Crippen LogP contribution >= 0.6 is 0 Å². The molecule has 80 valence electrons. The van der Waals surface area contributed by atoms with Crippen LogP contribution in [-0.2, 0) is 0 Å². The first-order valence-corrected chi connectivity index (χ1v) is 4.58. The van der Waals surface area contributed by atoms with Crippen LogP contribution in [0.5, 0.6) is 0 Å². The monoisotopic (exact) mass is 198 g/mol. The van der Waals surface area contributed by atoms with Crippen LogP contribution in [0.15, 0.2) is 36.0 Å². The van der Waals surface area contributed by atoms with Crippen LogP contribution in [0.2, 0.25) is 0 Å². The van der Waals surface area contributed by atoms with Crippen LogP contribution in [0.25, 0.3) is 0 Å². The van der Waals surface area contributed by atoms with Gasteiger partial charge in [0.2, 0.25) is 0 Å². The SMILES string of the molecule is C[C@H](O)C=CC(=CC=C[C@@H](C)O)CO. The second-order valence-corrected chi connectivity index (χ2v) is 3.12. The molecule has 0 spiro atoms. The second kappa shape index (κ2) is 7.50. The molecule has 0 bridgehead atoms. The fourth-order valence-electron chi connectivity index (χ4n) is 0.764. The summed E-state index contributed by atoms with van der Waals surface area (Å²) in [5.74, 6) is 0. The highest BCUT2D eigenvalue weighted by Crippen LogP contribution is 1.98. The van der Waals surface area contributed by atoms with E-state index in [2.05, 4.69) is 0 Å². The van der Waals surface area contributed by atoms with Crippen LogP contribution in [-0.4, -0.2) is 34.1 Å². The lowest BCUT2D eigenvalue weighted by atomic mass is 10.2. The van der Waals surface area contributed by atoms with Gasteiger partial charge in [-0.3, -0.25) is 0 Å². The zero-order valence-corrected chi connectivity index (χ0v) is 8.59. The van der Waals surface area contributed by atoms with Gasteiger partial charge >= 0.3 is 0 Å². The van der Waals surface area contributed by atoms with E-state index in [4.69, 9.17) is 15.3 Å². The van der Waals surface area contributed by atoms with Crippen molar-refractivity contribution in [3.8, 4) is 0 Å². The van der Waals surface area contributed by atoms with Crippen molar-refractivity contribution in [3.05, 3.63) is 36.0 Å². The Morgan fingerprint density at radius 1 is 1.14 bits per heavy atom.